The van der Waals surface area contributed by atoms with Gasteiger partial charge in [-0.2, -0.15) is 0 Å². The number of anilines is 2. The molecule has 8 heteroatoms. The number of nitrogens with one attached hydrogen (secondary N) is 1. The summed E-state index contributed by atoms with van der Waals surface area (Å²) < 4.78 is 38.9. The second-order valence-electron chi connectivity index (χ2n) is 7.00. The maximum absolute atomic E-state index is 13.3. The number of para-hydroxylation sites is 1. The number of rotatable bonds is 7. The first-order valence-corrected chi connectivity index (χ1v) is 11.4. The van der Waals surface area contributed by atoms with Gasteiger partial charge in [0, 0.05) is 17.3 Å². The molecule has 1 heterocycles. The van der Waals surface area contributed by atoms with E-state index in [-0.39, 0.29) is 17.0 Å². The number of nitrogens with zero attached hydrogens (tertiary/aromatic N) is 1. The molecule has 0 atom stereocenters. The van der Waals surface area contributed by atoms with Crippen LogP contribution in [0.4, 0.5) is 11.4 Å². The van der Waals surface area contributed by atoms with Gasteiger partial charge in [0.2, 0.25) is 0 Å². The lowest BCUT2D eigenvalue weighted by Crippen LogP contribution is -2.31. The summed E-state index contributed by atoms with van der Waals surface area (Å²) in [7, 11) is -3.91. The Bertz CT molecular complexity index is 1240. The van der Waals surface area contributed by atoms with Crippen LogP contribution < -0.4 is 19.1 Å². The molecule has 3 aromatic carbocycles. The SMILES string of the molecule is C=CCN(c1ccccc1)S(=O)(=O)c1cccc(C(=O)Nc2ccc3c(c2)OCCO3)c1. The number of hydrogen-bond acceptors (Lipinski definition) is 5. The Hall–Kier alpha value is -3.78. The van der Waals surface area contributed by atoms with Gasteiger partial charge in [-0.1, -0.05) is 30.3 Å². The lowest BCUT2D eigenvalue weighted by molar-refractivity contribution is 0.102. The molecule has 164 valence electrons. The van der Waals surface area contributed by atoms with Gasteiger partial charge in [-0.3, -0.25) is 9.10 Å². The number of ether oxygens (including phenoxy) is 2. The third kappa shape index (κ3) is 4.45. The zero-order valence-electron chi connectivity index (χ0n) is 17.2. The summed E-state index contributed by atoms with van der Waals surface area (Å²) in [6.45, 7) is 4.68. The number of fused-ring (bicyclic) bond motifs is 1. The van der Waals surface area contributed by atoms with Crippen LogP contribution in [0.1, 0.15) is 10.4 Å². The van der Waals surface area contributed by atoms with Crippen LogP contribution in [0.15, 0.2) is 90.3 Å². The standard InChI is InChI=1S/C24H22N2O5S/c1-2-13-26(20-8-4-3-5-9-20)32(28,29)21-10-6-7-18(16-21)24(27)25-19-11-12-22-23(17-19)31-15-14-30-22/h2-12,16-17H,1,13-15H2,(H,25,27). The molecule has 0 aromatic heterocycles. The number of benzene rings is 3. The number of sulfonamides is 1. The van der Waals surface area contributed by atoms with Gasteiger partial charge >= 0.3 is 0 Å². The minimum absolute atomic E-state index is 0.0121. The first-order chi connectivity index (χ1) is 15.5. The van der Waals surface area contributed by atoms with Crippen LogP contribution in [-0.4, -0.2) is 34.1 Å². The monoisotopic (exact) mass is 450 g/mol. The number of carbonyl (C=O) groups excluding carboxylic acids is 1. The highest BCUT2D eigenvalue weighted by molar-refractivity contribution is 7.92. The van der Waals surface area contributed by atoms with E-state index in [2.05, 4.69) is 11.9 Å². The highest BCUT2D eigenvalue weighted by Gasteiger charge is 2.25. The molecular weight excluding hydrogens is 428 g/mol. The van der Waals surface area contributed by atoms with Crippen molar-refractivity contribution in [3.63, 3.8) is 0 Å². The van der Waals surface area contributed by atoms with Crippen LogP contribution >= 0.6 is 0 Å². The van der Waals surface area contributed by atoms with Gasteiger partial charge in [0.05, 0.1) is 17.1 Å². The predicted molar refractivity (Wildman–Crippen MR) is 123 cm³/mol. The van der Waals surface area contributed by atoms with Crippen LogP contribution in [0.5, 0.6) is 11.5 Å². The molecule has 0 spiro atoms. The number of hydrogen-bond donors (Lipinski definition) is 1. The van der Waals surface area contributed by atoms with E-state index in [0.717, 1.165) is 0 Å². The molecule has 0 saturated carbocycles. The van der Waals surface area contributed by atoms with E-state index in [1.807, 2.05) is 6.07 Å². The molecule has 0 radical (unpaired) electrons. The van der Waals surface area contributed by atoms with Gasteiger partial charge in [-0.05, 0) is 42.5 Å². The second kappa shape index (κ2) is 9.15. The van der Waals surface area contributed by atoms with Crippen molar-refractivity contribution in [3.8, 4) is 11.5 Å². The third-order valence-electron chi connectivity index (χ3n) is 4.82. The van der Waals surface area contributed by atoms with E-state index in [0.29, 0.717) is 36.1 Å². The van der Waals surface area contributed by atoms with E-state index in [1.165, 1.54) is 22.5 Å². The molecule has 32 heavy (non-hydrogen) atoms. The normalized spacial score (nSPS) is 12.6. The summed E-state index contributed by atoms with van der Waals surface area (Å²) >= 11 is 0. The fourth-order valence-corrected chi connectivity index (χ4v) is 4.79. The summed E-state index contributed by atoms with van der Waals surface area (Å²) in [5.41, 5.74) is 1.25. The van der Waals surface area contributed by atoms with Crippen LogP contribution in [0.25, 0.3) is 0 Å². The molecule has 0 saturated heterocycles. The van der Waals surface area contributed by atoms with E-state index >= 15 is 0 Å². The zero-order valence-corrected chi connectivity index (χ0v) is 18.0. The van der Waals surface area contributed by atoms with Crippen LogP contribution in [-0.2, 0) is 10.0 Å². The van der Waals surface area contributed by atoms with Crippen molar-refractivity contribution in [2.75, 3.05) is 29.4 Å². The summed E-state index contributed by atoms with van der Waals surface area (Å²) in [5.74, 6) is 0.729. The first kappa shape index (κ1) is 21.5. The van der Waals surface area contributed by atoms with Crippen molar-refractivity contribution in [2.45, 2.75) is 4.90 Å². The van der Waals surface area contributed by atoms with Crippen molar-refractivity contribution in [1.82, 2.24) is 0 Å². The molecule has 0 bridgehead atoms. The Balaban J connectivity index is 1.59. The second-order valence-corrected chi connectivity index (χ2v) is 8.86. The van der Waals surface area contributed by atoms with E-state index < -0.39 is 15.9 Å². The van der Waals surface area contributed by atoms with E-state index in [9.17, 15) is 13.2 Å². The summed E-state index contributed by atoms with van der Waals surface area (Å²) in [4.78, 5) is 12.8. The fraction of sp³-hybridized carbons (Fsp3) is 0.125. The fourth-order valence-electron chi connectivity index (χ4n) is 3.30. The third-order valence-corrected chi connectivity index (χ3v) is 6.61. The Morgan fingerprint density at radius 1 is 0.969 bits per heavy atom. The van der Waals surface area contributed by atoms with Crippen LogP contribution in [0, 0.1) is 0 Å². The molecule has 0 fully saturated rings. The van der Waals surface area contributed by atoms with Gasteiger partial charge < -0.3 is 14.8 Å². The number of amides is 1. The van der Waals surface area contributed by atoms with Gasteiger partial charge in [0.25, 0.3) is 15.9 Å². The van der Waals surface area contributed by atoms with Gasteiger partial charge in [-0.15, -0.1) is 6.58 Å². The largest absolute Gasteiger partial charge is 0.486 e. The van der Waals surface area contributed by atoms with E-state index in [1.54, 1.807) is 54.6 Å². The molecule has 1 aliphatic rings. The maximum atomic E-state index is 13.3. The minimum atomic E-state index is -3.91. The molecule has 0 unspecified atom stereocenters. The average molecular weight is 451 g/mol. The van der Waals surface area contributed by atoms with E-state index in [4.69, 9.17) is 9.47 Å². The molecule has 1 aliphatic heterocycles. The molecule has 7 nitrogen and oxygen atoms in total. The quantitative estimate of drug-likeness (QED) is 0.548. The molecule has 1 N–H and O–H groups in total. The van der Waals surface area contributed by atoms with Crippen molar-refractivity contribution in [1.29, 1.82) is 0 Å². The minimum Gasteiger partial charge on any atom is -0.486 e. The summed E-state index contributed by atoms with van der Waals surface area (Å²) in [6.07, 6.45) is 1.52. The summed E-state index contributed by atoms with van der Waals surface area (Å²) in [5, 5.41) is 2.77. The first-order valence-electron chi connectivity index (χ1n) is 9.99. The Morgan fingerprint density at radius 2 is 1.72 bits per heavy atom. The lowest BCUT2D eigenvalue weighted by Gasteiger charge is -2.23. The molecular formula is C24H22N2O5S. The van der Waals surface area contributed by atoms with Crippen molar-refractivity contribution in [3.05, 3.63) is 91.0 Å². The number of carbonyl (C=O) groups is 1. The molecule has 3 aromatic rings. The zero-order chi connectivity index (χ0) is 22.6. The Morgan fingerprint density at radius 3 is 2.47 bits per heavy atom. The highest BCUT2D eigenvalue weighted by Crippen LogP contribution is 2.33. The molecule has 4 rings (SSSR count). The molecule has 1 amide bonds. The lowest BCUT2D eigenvalue weighted by atomic mass is 10.2. The van der Waals surface area contributed by atoms with Crippen molar-refractivity contribution < 1.29 is 22.7 Å². The Kier molecular flexibility index (Phi) is 6.13. The van der Waals surface area contributed by atoms with Gasteiger partial charge in [-0.25, -0.2) is 8.42 Å². The Labute approximate surface area is 186 Å². The van der Waals surface area contributed by atoms with Crippen molar-refractivity contribution >= 4 is 27.3 Å². The highest BCUT2D eigenvalue weighted by atomic mass is 32.2. The maximum Gasteiger partial charge on any atom is 0.264 e. The van der Waals surface area contributed by atoms with Gasteiger partial charge in [0.15, 0.2) is 11.5 Å². The average Bonchev–Trinajstić information content (AvgIpc) is 2.83. The van der Waals surface area contributed by atoms with Gasteiger partial charge in [0.1, 0.15) is 13.2 Å². The summed E-state index contributed by atoms with van der Waals surface area (Å²) in [6, 6.07) is 19.8. The van der Waals surface area contributed by atoms with Crippen LogP contribution in [0.3, 0.4) is 0 Å². The van der Waals surface area contributed by atoms with Crippen molar-refractivity contribution in [2.24, 2.45) is 0 Å². The smallest absolute Gasteiger partial charge is 0.264 e. The van der Waals surface area contributed by atoms with Crippen LogP contribution in [0.2, 0.25) is 0 Å². The predicted octanol–water partition coefficient (Wildman–Crippen LogP) is 4.09. The topological polar surface area (TPSA) is 84.9 Å². The molecule has 0 aliphatic carbocycles.